The van der Waals surface area contributed by atoms with Crippen molar-refractivity contribution in [2.75, 3.05) is 7.11 Å². The molecule has 114 valence electrons. The molecule has 0 N–H and O–H groups in total. The van der Waals surface area contributed by atoms with Crippen LogP contribution in [0.25, 0.3) is 0 Å². The molecule has 0 atom stereocenters. The number of esters is 1. The summed E-state index contributed by atoms with van der Waals surface area (Å²) in [5.74, 6) is 0.0794. The maximum Gasteiger partial charge on any atom is 0.309 e. The van der Waals surface area contributed by atoms with Crippen LogP contribution in [0.3, 0.4) is 0 Å². The van der Waals surface area contributed by atoms with Crippen LogP contribution in [-0.2, 0) is 16.0 Å². The first kappa shape index (κ1) is 15.7. The Labute approximate surface area is 130 Å². The highest BCUT2D eigenvalue weighted by Gasteiger charge is 2.13. The van der Waals surface area contributed by atoms with Crippen molar-refractivity contribution in [3.63, 3.8) is 0 Å². The van der Waals surface area contributed by atoms with Gasteiger partial charge in [-0.2, -0.15) is 0 Å². The van der Waals surface area contributed by atoms with Gasteiger partial charge in [0.25, 0.3) is 5.69 Å². The van der Waals surface area contributed by atoms with E-state index in [-0.39, 0.29) is 29.0 Å². The quantitative estimate of drug-likeness (QED) is 0.477. The zero-order valence-corrected chi connectivity index (χ0v) is 12.2. The number of nitrogens with zero attached hydrogens (tertiary/aromatic N) is 2. The van der Waals surface area contributed by atoms with E-state index in [0.717, 1.165) is 12.3 Å². The summed E-state index contributed by atoms with van der Waals surface area (Å²) in [5, 5.41) is 10.6. The molecule has 0 fully saturated rings. The van der Waals surface area contributed by atoms with Crippen molar-refractivity contribution in [3.8, 4) is 11.6 Å². The molecule has 8 heteroatoms. The van der Waals surface area contributed by atoms with Crippen LogP contribution in [0.2, 0.25) is 5.02 Å². The number of halogens is 1. The van der Waals surface area contributed by atoms with Crippen LogP contribution >= 0.6 is 11.6 Å². The van der Waals surface area contributed by atoms with Crippen LogP contribution in [0.4, 0.5) is 5.69 Å². The van der Waals surface area contributed by atoms with E-state index in [0.29, 0.717) is 11.3 Å². The minimum atomic E-state index is -0.598. The second kappa shape index (κ2) is 6.86. The molecular weight excluding hydrogens is 312 g/mol. The number of methoxy groups -OCH3 is 1. The van der Waals surface area contributed by atoms with Crippen molar-refractivity contribution in [1.29, 1.82) is 0 Å². The molecule has 0 amide bonds. The van der Waals surface area contributed by atoms with Gasteiger partial charge < -0.3 is 9.47 Å². The number of ether oxygens (including phenoxy) is 2. The molecule has 1 heterocycles. The van der Waals surface area contributed by atoms with Gasteiger partial charge in [-0.3, -0.25) is 14.9 Å². The average Bonchev–Trinajstić information content (AvgIpc) is 2.49. The van der Waals surface area contributed by atoms with E-state index in [1.807, 2.05) is 0 Å². The topological polar surface area (TPSA) is 91.6 Å². The SMILES string of the molecule is COC(=O)Cc1cccc(Oc2ncc([N+](=O)[O-])cc2Cl)c1. The number of rotatable bonds is 5. The van der Waals surface area contributed by atoms with Gasteiger partial charge in [0.15, 0.2) is 0 Å². The van der Waals surface area contributed by atoms with Crippen LogP contribution in [0.1, 0.15) is 5.56 Å². The number of aromatic nitrogens is 1. The standard InChI is InChI=1S/C14H11ClN2O5/c1-21-13(18)6-9-3-2-4-11(5-9)22-14-12(15)7-10(8-16-14)17(19)20/h2-5,7-8H,6H2,1H3. The number of pyridine rings is 1. The van der Waals surface area contributed by atoms with Gasteiger partial charge in [0.1, 0.15) is 17.0 Å². The van der Waals surface area contributed by atoms with Crippen LogP contribution < -0.4 is 4.74 Å². The third kappa shape index (κ3) is 3.92. The van der Waals surface area contributed by atoms with Gasteiger partial charge in [-0.15, -0.1) is 0 Å². The van der Waals surface area contributed by atoms with Gasteiger partial charge >= 0.3 is 5.97 Å². The van der Waals surface area contributed by atoms with E-state index in [1.54, 1.807) is 24.3 Å². The summed E-state index contributed by atoms with van der Waals surface area (Å²) in [7, 11) is 1.31. The van der Waals surface area contributed by atoms with Gasteiger partial charge in [-0.25, -0.2) is 4.98 Å². The number of nitro groups is 1. The Morgan fingerprint density at radius 3 is 2.82 bits per heavy atom. The average molecular weight is 323 g/mol. The van der Waals surface area contributed by atoms with Gasteiger partial charge in [0, 0.05) is 6.07 Å². The van der Waals surface area contributed by atoms with Crippen LogP contribution in [0.5, 0.6) is 11.6 Å². The minimum absolute atomic E-state index is 0.0209. The lowest BCUT2D eigenvalue weighted by Crippen LogP contribution is -2.04. The fourth-order valence-electron chi connectivity index (χ4n) is 1.66. The Morgan fingerprint density at radius 2 is 2.18 bits per heavy atom. The summed E-state index contributed by atoms with van der Waals surface area (Å²) in [5.41, 5.74) is 0.471. The fourth-order valence-corrected chi connectivity index (χ4v) is 1.86. The molecule has 0 aliphatic carbocycles. The Morgan fingerprint density at radius 1 is 1.41 bits per heavy atom. The molecule has 1 aromatic carbocycles. The second-order valence-electron chi connectivity index (χ2n) is 4.24. The minimum Gasteiger partial charge on any atom is -0.469 e. The molecule has 0 radical (unpaired) electrons. The lowest BCUT2D eigenvalue weighted by molar-refractivity contribution is -0.385. The van der Waals surface area contributed by atoms with Crippen molar-refractivity contribution >= 4 is 23.3 Å². The van der Waals surface area contributed by atoms with Crippen molar-refractivity contribution in [2.45, 2.75) is 6.42 Å². The number of carbonyl (C=O) groups is 1. The summed E-state index contributed by atoms with van der Waals surface area (Å²) in [6, 6.07) is 7.89. The van der Waals surface area contributed by atoms with Crippen LogP contribution in [-0.4, -0.2) is 23.0 Å². The van der Waals surface area contributed by atoms with Crippen molar-refractivity contribution in [1.82, 2.24) is 4.98 Å². The van der Waals surface area contributed by atoms with E-state index in [9.17, 15) is 14.9 Å². The van der Waals surface area contributed by atoms with Crippen molar-refractivity contribution < 1.29 is 19.2 Å². The second-order valence-corrected chi connectivity index (χ2v) is 4.65. The summed E-state index contributed by atoms with van der Waals surface area (Å²) < 4.78 is 10.1. The number of hydrogen-bond acceptors (Lipinski definition) is 6. The van der Waals surface area contributed by atoms with Gasteiger partial charge in [0.2, 0.25) is 5.88 Å². The zero-order valence-electron chi connectivity index (χ0n) is 11.5. The first-order valence-electron chi connectivity index (χ1n) is 6.13. The number of benzene rings is 1. The summed E-state index contributed by atoms with van der Waals surface area (Å²) in [4.78, 5) is 25.1. The normalized spacial score (nSPS) is 10.1. The molecular formula is C14H11ClN2O5. The van der Waals surface area contributed by atoms with E-state index in [4.69, 9.17) is 16.3 Å². The first-order chi connectivity index (χ1) is 10.5. The zero-order chi connectivity index (χ0) is 16.1. The Kier molecular flexibility index (Phi) is 4.90. The molecule has 0 bridgehead atoms. The van der Waals surface area contributed by atoms with E-state index < -0.39 is 4.92 Å². The third-order valence-electron chi connectivity index (χ3n) is 2.69. The first-order valence-corrected chi connectivity index (χ1v) is 6.51. The lowest BCUT2D eigenvalue weighted by Gasteiger charge is -2.07. The smallest absolute Gasteiger partial charge is 0.309 e. The third-order valence-corrected chi connectivity index (χ3v) is 2.96. The van der Waals surface area contributed by atoms with Crippen LogP contribution in [0.15, 0.2) is 36.5 Å². The van der Waals surface area contributed by atoms with Gasteiger partial charge in [-0.05, 0) is 17.7 Å². The highest BCUT2D eigenvalue weighted by Crippen LogP contribution is 2.30. The van der Waals surface area contributed by atoms with E-state index >= 15 is 0 Å². The molecule has 2 rings (SSSR count). The maximum atomic E-state index is 11.2. The molecule has 2 aromatic rings. The number of hydrogen-bond donors (Lipinski definition) is 0. The Bertz CT molecular complexity index is 720. The summed E-state index contributed by atoms with van der Waals surface area (Å²) in [6.45, 7) is 0. The maximum absolute atomic E-state index is 11.2. The van der Waals surface area contributed by atoms with Gasteiger partial charge in [0.05, 0.1) is 18.5 Å². The van der Waals surface area contributed by atoms with Crippen molar-refractivity contribution in [3.05, 3.63) is 57.2 Å². The highest BCUT2D eigenvalue weighted by molar-refractivity contribution is 6.32. The molecule has 1 aromatic heterocycles. The molecule has 0 saturated carbocycles. The molecule has 7 nitrogen and oxygen atoms in total. The predicted octanol–water partition coefficient (Wildman–Crippen LogP) is 3.15. The van der Waals surface area contributed by atoms with E-state index in [1.165, 1.54) is 7.11 Å². The molecule has 0 aliphatic rings. The monoisotopic (exact) mass is 322 g/mol. The van der Waals surface area contributed by atoms with Crippen molar-refractivity contribution in [2.24, 2.45) is 0 Å². The fraction of sp³-hybridized carbons (Fsp3) is 0.143. The lowest BCUT2D eigenvalue weighted by atomic mass is 10.1. The van der Waals surface area contributed by atoms with Crippen LogP contribution in [0, 0.1) is 10.1 Å². The largest absolute Gasteiger partial charge is 0.469 e. The molecule has 22 heavy (non-hydrogen) atoms. The molecule has 0 aliphatic heterocycles. The summed E-state index contributed by atoms with van der Waals surface area (Å²) >= 11 is 5.90. The number of carbonyl (C=O) groups excluding carboxylic acids is 1. The molecule has 0 spiro atoms. The van der Waals surface area contributed by atoms with Gasteiger partial charge in [-0.1, -0.05) is 23.7 Å². The Balaban J connectivity index is 2.18. The Hall–Kier alpha value is -2.67. The summed E-state index contributed by atoms with van der Waals surface area (Å²) in [6.07, 6.45) is 1.16. The predicted molar refractivity (Wildman–Crippen MR) is 78.1 cm³/mol. The molecule has 0 unspecified atom stereocenters. The molecule has 0 saturated heterocycles. The highest BCUT2D eigenvalue weighted by atomic mass is 35.5. The van der Waals surface area contributed by atoms with E-state index in [2.05, 4.69) is 9.72 Å².